The van der Waals surface area contributed by atoms with Crippen LogP contribution in [0.1, 0.15) is 39.0 Å². The van der Waals surface area contributed by atoms with E-state index in [4.69, 9.17) is 22.3 Å². The summed E-state index contributed by atoms with van der Waals surface area (Å²) in [7, 11) is 0. The summed E-state index contributed by atoms with van der Waals surface area (Å²) in [4.78, 5) is 45.8. The van der Waals surface area contributed by atoms with E-state index in [0.717, 1.165) is 6.42 Å². The van der Waals surface area contributed by atoms with Crippen molar-refractivity contribution in [1.29, 1.82) is 0 Å². The van der Waals surface area contributed by atoms with E-state index in [9.17, 15) is 19.2 Å². The number of carboxylic acids is 1. The lowest BCUT2D eigenvalue weighted by molar-refractivity contribution is -0.141. The van der Waals surface area contributed by atoms with Gasteiger partial charge < -0.3 is 32.9 Å². The molecule has 3 amide bonds. The van der Waals surface area contributed by atoms with Crippen molar-refractivity contribution in [2.75, 3.05) is 6.54 Å². The van der Waals surface area contributed by atoms with Gasteiger partial charge in [0.2, 0.25) is 17.7 Å². The van der Waals surface area contributed by atoms with Crippen molar-refractivity contribution in [3.8, 4) is 0 Å². The number of hydrogen-bond donors (Lipinski definition) is 6. The van der Waals surface area contributed by atoms with Crippen LogP contribution < -0.4 is 27.8 Å². The van der Waals surface area contributed by atoms with Crippen LogP contribution in [-0.2, 0) is 19.2 Å². The Kier molecular flexibility index (Phi) is 10.3. The van der Waals surface area contributed by atoms with E-state index >= 15 is 0 Å². The third-order valence-corrected chi connectivity index (χ3v) is 3.35. The van der Waals surface area contributed by atoms with Crippen molar-refractivity contribution < 1.29 is 24.3 Å². The summed E-state index contributed by atoms with van der Waals surface area (Å²) in [6.45, 7) is 1.77. The minimum Gasteiger partial charge on any atom is -0.480 e. The van der Waals surface area contributed by atoms with Crippen molar-refractivity contribution in [3.05, 3.63) is 0 Å². The second kappa shape index (κ2) is 11.4. The zero-order valence-corrected chi connectivity index (χ0v) is 13.8. The van der Waals surface area contributed by atoms with Crippen LogP contribution in [0.3, 0.4) is 0 Å². The van der Waals surface area contributed by atoms with Gasteiger partial charge in [0.15, 0.2) is 0 Å². The number of carbonyl (C=O) groups excluding carboxylic acids is 3. The van der Waals surface area contributed by atoms with Crippen LogP contribution in [0.4, 0.5) is 0 Å². The zero-order chi connectivity index (χ0) is 18.7. The minimum atomic E-state index is -1.22. The first-order valence-electron chi connectivity index (χ1n) is 7.76. The largest absolute Gasteiger partial charge is 0.480 e. The van der Waals surface area contributed by atoms with E-state index < -0.39 is 41.8 Å². The highest BCUT2D eigenvalue weighted by molar-refractivity contribution is 5.92. The molecule has 0 aliphatic rings. The fraction of sp³-hybridized carbons (Fsp3) is 0.714. The summed E-state index contributed by atoms with van der Waals surface area (Å²) >= 11 is 0. The number of aliphatic carboxylic acids is 1. The monoisotopic (exact) mass is 345 g/mol. The predicted molar refractivity (Wildman–Crippen MR) is 86.5 cm³/mol. The topological polar surface area (TPSA) is 191 Å². The maximum Gasteiger partial charge on any atom is 0.325 e. The highest BCUT2D eigenvalue weighted by Crippen LogP contribution is 2.02. The number of carboxylic acid groups (broad SMARTS) is 1. The van der Waals surface area contributed by atoms with E-state index in [2.05, 4.69) is 10.6 Å². The summed E-state index contributed by atoms with van der Waals surface area (Å²) in [6.07, 6.45) is 1.61. The minimum absolute atomic E-state index is 0.0469. The lowest BCUT2D eigenvalue weighted by Gasteiger charge is -2.21. The molecule has 0 saturated heterocycles. The van der Waals surface area contributed by atoms with E-state index in [-0.39, 0.29) is 12.8 Å². The van der Waals surface area contributed by atoms with Crippen LogP contribution in [0.15, 0.2) is 0 Å². The molecular formula is C14H27N5O5. The molecule has 3 atom stereocenters. The number of nitrogens with two attached hydrogens (primary N) is 3. The molecule has 0 aromatic rings. The Morgan fingerprint density at radius 1 is 1.04 bits per heavy atom. The van der Waals surface area contributed by atoms with Gasteiger partial charge in [-0.1, -0.05) is 6.42 Å². The molecule has 138 valence electrons. The molecule has 9 N–H and O–H groups in total. The third kappa shape index (κ3) is 9.06. The Hall–Kier alpha value is -2.20. The van der Waals surface area contributed by atoms with Gasteiger partial charge in [0.05, 0.1) is 6.04 Å². The molecule has 0 aromatic carbocycles. The van der Waals surface area contributed by atoms with Crippen LogP contribution in [-0.4, -0.2) is 53.5 Å². The summed E-state index contributed by atoms with van der Waals surface area (Å²) < 4.78 is 0. The number of primary amides is 1. The maximum absolute atomic E-state index is 12.1. The molecule has 0 fully saturated rings. The van der Waals surface area contributed by atoms with E-state index in [1.54, 1.807) is 0 Å². The normalized spacial score (nSPS) is 14.3. The standard InChI is InChI=1S/C14H27N5O5/c1-8(14(23)24)18-13(22)10(5-6-11(17)20)19-12(21)9(16)4-2-3-7-15/h8-10H,2-7,15-16H2,1H3,(H2,17,20)(H,18,22)(H,19,21)(H,23,24)/t8-,9-,10-/m0/s1. The lowest BCUT2D eigenvalue weighted by atomic mass is 10.1. The van der Waals surface area contributed by atoms with Crippen LogP contribution in [0, 0.1) is 0 Å². The van der Waals surface area contributed by atoms with Gasteiger partial charge >= 0.3 is 5.97 Å². The molecule has 0 unspecified atom stereocenters. The average molecular weight is 345 g/mol. The Bertz CT molecular complexity index is 457. The first kappa shape index (κ1) is 21.8. The first-order chi connectivity index (χ1) is 11.2. The summed E-state index contributed by atoms with van der Waals surface area (Å²) in [5, 5.41) is 13.5. The summed E-state index contributed by atoms with van der Waals surface area (Å²) in [5.41, 5.74) is 16.2. The zero-order valence-electron chi connectivity index (χ0n) is 13.8. The lowest BCUT2D eigenvalue weighted by Crippen LogP contribution is -2.54. The van der Waals surface area contributed by atoms with Gasteiger partial charge in [-0.3, -0.25) is 19.2 Å². The highest BCUT2D eigenvalue weighted by Gasteiger charge is 2.26. The van der Waals surface area contributed by atoms with Gasteiger partial charge in [-0.2, -0.15) is 0 Å². The van der Waals surface area contributed by atoms with Gasteiger partial charge in [-0.15, -0.1) is 0 Å². The molecule has 0 aromatic heterocycles. The molecule has 0 aliphatic heterocycles. The van der Waals surface area contributed by atoms with Crippen LogP contribution in [0.2, 0.25) is 0 Å². The van der Waals surface area contributed by atoms with E-state index in [1.165, 1.54) is 6.92 Å². The molecular weight excluding hydrogens is 318 g/mol. The predicted octanol–water partition coefficient (Wildman–Crippen LogP) is -2.22. The molecule has 0 aliphatic carbocycles. The fourth-order valence-electron chi connectivity index (χ4n) is 1.85. The highest BCUT2D eigenvalue weighted by atomic mass is 16.4. The van der Waals surface area contributed by atoms with Crippen LogP contribution in [0.5, 0.6) is 0 Å². The van der Waals surface area contributed by atoms with Crippen LogP contribution >= 0.6 is 0 Å². The Labute approximate surface area is 140 Å². The molecule has 0 heterocycles. The Balaban J connectivity index is 4.74. The molecule has 10 nitrogen and oxygen atoms in total. The molecule has 0 saturated carbocycles. The van der Waals surface area contributed by atoms with Gasteiger partial charge in [-0.25, -0.2) is 0 Å². The van der Waals surface area contributed by atoms with E-state index in [0.29, 0.717) is 19.4 Å². The second-order valence-electron chi connectivity index (χ2n) is 5.53. The van der Waals surface area contributed by atoms with Crippen molar-refractivity contribution in [3.63, 3.8) is 0 Å². The number of rotatable bonds is 12. The van der Waals surface area contributed by atoms with Crippen molar-refractivity contribution >= 4 is 23.7 Å². The summed E-state index contributed by atoms with van der Waals surface area (Å²) in [6, 6.07) is -3.05. The number of carbonyl (C=O) groups is 4. The fourth-order valence-corrected chi connectivity index (χ4v) is 1.85. The van der Waals surface area contributed by atoms with Gasteiger partial charge in [-0.05, 0) is 32.7 Å². The summed E-state index contributed by atoms with van der Waals surface area (Å²) in [5.74, 6) is -3.13. The smallest absolute Gasteiger partial charge is 0.325 e. The first-order valence-corrected chi connectivity index (χ1v) is 7.76. The number of unbranched alkanes of at least 4 members (excludes halogenated alkanes) is 1. The Morgan fingerprint density at radius 2 is 1.67 bits per heavy atom. The Morgan fingerprint density at radius 3 is 2.17 bits per heavy atom. The quantitative estimate of drug-likeness (QED) is 0.216. The molecule has 0 bridgehead atoms. The third-order valence-electron chi connectivity index (χ3n) is 3.35. The van der Waals surface area contributed by atoms with Gasteiger partial charge in [0, 0.05) is 6.42 Å². The number of nitrogens with one attached hydrogen (secondary N) is 2. The molecule has 0 rings (SSSR count). The SMILES string of the molecule is C[C@H](NC(=O)[C@H](CCC(N)=O)NC(=O)[C@@H](N)CCCCN)C(=O)O. The van der Waals surface area contributed by atoms with Crippen molar-refractivity contribution in [2.45, 2.75) is 57.2 Å². The van der Waals surface area contributed by atoms with Crippen molar-refractivity contribution in [2.24, 2.45) is 17.2 Å². The maximum atomic E-state index is 12.1. The molecule has 24 heavy (non-hydrogen) atoms. The molecule has 0 spiro atoms. The second-order valence-corrected chi connectivity index (χ2v) is 5.53. The van der Waals surface area contributed by atoms with Gasteiger partial charge in [0.25, 0.3) is 0 Å². The van der Waals surface area contributed by atoms with Crippen molar-refractivity contribution in [1.82, 2.24) is 10.6 Å². The number of amides is 3. The van der Waals surface area contributed by atoms with Gasteiger partial charge in [0.1, 0.15) is 12.1 Å². The van der Waals surface area contributed by atoms with E-state index in [1.807, 2.05) is 0 Å². The number of hydrogen-bond acceptors (Lipinski definition) is 6. The van der Waals surface area contributed by atoms with Crippen LogP contribution in [0.25, 0.3) is 0 Å². The average Bonchev–Trinajstić information content (AvgIpc) is 2.50. The molecule has 0 radical (unpaired) electrons. The molecule has 10 heteroatoms.